The van der Waals surface area contributed by atoms with Crippen molar-refractivity contribution in [2.75, 3.05) is 13.2 Å². The van der Waals surface area contributed by atoms with Gasteiger partial charge >= 0.3 is 0 Å². The van der Waals surface area contributed by atoms with Gasteiger partial charge < -0.3 is 14.2 Å². The molecule has 146 valence electrons. The van der Waals surface area contributed by atoms with Gasteiger partial charge in [0.25, 0.3) is 0 Å². The number of ether oxygens (including phenoxy) is 1. The lowest BCUT2D eigenvalue weighted by molar-refractivity contribution is -0.131. The number of carbonyl (C=O) groups excluding carboxylic acids is 1. The Bertz CT molecular complexity index is 962. The van der Waals surface area contributed by atoms with E-state index < -0.39 is 0 Å². The minimum Gasteiger partial charge on any atom is -0.492 e. The van der Waals surface area contributed by atoms with E-state index in [1.807, 2.05) is 42.2 Å². The lowest BCUT2D eigenvalue weighted by Crippen LogP contribution is -2.31. The number of aryl methyl sites for hydroxylation is 1. The van der Waals surface area contributed by atoms with Crippen LogP contribution in [-0.4, -0.2) is 33.5 Å². The van der Waals surface area contributed by atoms with Gasteiger partial charge in [0.05, 0.1) is 23.6 Å². The predicted octanol–water partition coefficient (Wildman–Crippen LogP) is 4.50. The second-order valence-electron chi connectivity index (χ2n) is 7.37. The van der Waals surface area contributed by atoms with E-state index in [0.29, 0.717) is 19.6 Å². The average Bonchev–Trinajstić information content (AvgIpc) is 3.34. The number of benzene rings is 2. The van der Waals surface area contributed by atoms with Crippen LogP contribution >= 0.6 is 0 Å². The van der Waals surface area contributed by atoms with E-state index in [9.17, 15) is 4.79 Å². The summed E-state index contributed by atoms with van der Waals surface area (Å²) in [5.74, 6) is 2.06. The maximum atomic E-state index is 12.4. The molecule has 1 aliphatic heterocycles. The Labute approximate surface area is 165 Å². The molecule has 1 aromatic heterocycles. The van der Waals surface area contributed by atoms with Crippen molar-refractivity contribution in [2.45, 2.75) is 45.7 Å². The van der Waals surface area contributed by atoms with E-state index in [-0.39, 0.29) is 11.9 Å². The molecule has 1 saturated heterocycles. The van der Waals surface area contributed by atoms with Gasteiger partial charge in [0.2, 0.25) is 5.91 Å². The first-order valence-corrected chi connectivity index (χ1v) is 10.1. The molecule has 1 atom stereocenters. The summed E-state index contributed by atoms with van der Waals surface area (Å²) in [6.45, 7) is 6.08. The number of rotatable bonds is 6. The Morgan fingerprint density at radius 1 is 1.18 bits per heavy atom. The molecular weight excluding hydrogens is 350 g/mol. The minimum absolute atomic E-state index is 0.0548. The van der Waals surface area contributed by atoms with Crippen LogP contribution in [0.3, 0.4) is 0 Å². The normalized spacial score (nSPS) is 16.6. The molecule has 0 bridgehead atoms. The highest BCUT2D eigenvalue weighted by Gasteiger charge is 2.32. The topological polar surface area (TPSA) is 47.4 Å². The number of para-hydroxylation sites is 2. The quantitative estimate of drug-likeness (QED) is 0.635. The molecule has 5 heteroatoms. The zero-order valence-corrected chi connectivity index (χ0v) is 16.6. The van der Waals surface area contributed by atoms with Gasteiger partial charge in [-0.2, -0.15) is 0 Å². The third kappa shape index (κ3) is 3.61. The van der Waals surface area contributed by atoms with Crippen LogP contribution in [0.15, 0.2) is 48.5 Å². The Morgan fingerprint density at radius 2 is 1.96 bits per heavy atom. The highest BCUT2D eigenvalue weighted by Crippen LogP contribution is 2.33. The second-order valence-corrected chi connectivity index (χ2v) is 7.37. The van der Waals surface area contributed by atoms with Crippen molar-refractivity contribution in [2.24, 2.45) is 0 Å². The number of imidazole rings is 1. The second kappa shape index (κ2) is 8.05. The summed E-state index contributed by atoms with van der Waals surface area (Å²) in [7, 11) is 0. The molecule has 0 radical (unpaired) electrons. The van der Waals surface area contributed by atoms with Crippen molar-refractivity contribution < 1.29 is 9.53 Å². The molecule has 0 saturated carbocycles. The molecule has 2 aromatic carbocycles. The molecule has 1 aliphatic rings. The summed E-state index contributed by atoms with van der Waals surface area (Å²) >= 11 is 0. The van der Waals surface area contributed by atoms with E-state index in [2.05, 4.69) is 29.7 Å². The summed E-state index contributed by atoms with van der Waals surface area (Å²) < 4.78 is 8.20. The van der Waals surface area contributed by atoms with Crippen LogP contribution in [0.1, 0.15) is 43.6 Å². The van der Waals surface area contributed by atoms with E-state index in [0.717, 1.165) is 42.0 Å². The van der Waals surface area contributed by atoms with E-state index in [4.69, 9.17) is 9.72 Å². The van der Waals surface area contributed by atoms with Gasteiger partial charge in [-0.1, -0.05) is 36.8 Å². The summed E-state index contributed by atoms with van der Waals surface area (Å²) in [4.78, 5) is 19.3. The molecule has 0 spiro atoms. The van der Waals surface area contributed by atoms with Crippen molar-refractivity contribution >= 4 is 16.9 Å². The molecule has 5 nitrogen and oxygen atoms in total. The summed E-state index contributed by atoms with van der Waals surface area (Å²) in [5.41, 5.74) is 3.29. The molecule has 4 rings (SSSR count). The first kappa shape index (κ1) is 18.5. The maximum Gasteiger partial charge on any atom is 0.222 e. The van der Waals surface area contributed by atoms with Crippen molar-refractivity contribution in [3.05, 3.63) is 59.9 Å². The van der Waals surface area contributed by atoms with E-state index >= 15 is 0 Å². The molecule has 3 aromatic rings. The van der Waals surface area contributed by atoms with Gasteiger partial charge in [0.1, 0.15) is 18.2 Å². The van der Waals surface area contributed by atoms with Crippen LogP contribution < -0.4 is 4.74 Å². The van der Waals surface area contributed by atoms with Crippen LogP contribution in [0, 0.1) is 6.92 Å². The van der Waals surface area contributed by atoms with Crippen molar-refractivity contribution in [1.82, 2.24) is 14.5 Å². The first-order valence-electron chi connectivity index (χ1n) is 10.1. The Balaban J connectivity index is 1.60. The Morgan fingerprint density at radius 3 is 2.75 bits per heavy atom. The SMILES string of the molecule is CCC(=O)N1CCCC1c1nc2ccccc2n1CCOc1ccc(C)cc1. The van der Waals surface area contributed by atoms with Gasteiger partial charge in [-0.25, -0.2) is 4.98 Å². The summed E-state index contributed by atoms with van der Waals surface area (Å²) in [6.07, 6.45) is 2.53. The smallest absolute Gasteiger partial charge is 0.222 e. The number of amides is 1. The number of hydrogen-bond acceptors (Lipinski definition) is 3. The van der Waals surface area contributed by atoms with Gasteiger partial charge in [-0.15, -0.1) is 0 Å². The molecule has 1 fully saturated rings. The highest BCUT2D eigenvalue weighted by atomic mass is 16.5. The van der Waals surface area contributed by atoms with Gasteiger partial charge in [-0.05, 0) is 44.0 Å². The minimum atomic E-state index is 0.0548. The lowest BCUT2D eigenvalue weighted by Gasteiger charge is -2.25. The van der Waals surface area contributed by atoms with Crippen LogP contribution in [0.2, 0.25) is 0 Å². The third-order valence-electron chi connectivity index (χ3n) is 5.46. The number of fused-ring (bicyclic) bond motifs is 1. The third-order valence-corrected chi connectivity index (χ3v) is 5.46. The average molecular weight is 377 g/mol. The van der Waals surface area contributed by atoms with Crippen molar-refractivity contribution in [3.63, 3.8) is 0 Å². The highest BCUT2D eigenvalue weighted by molar-refractivity contribution is 5.78. The molecule has 28 heavy (non-hydrogen) atoms. The van der Waals surface area contributed by atoms with Crippen LogP contribution in [0.5, 0.6) is 5.75 Å². The number of hydrogen-bond donors (Lipinski definition) is 0. The van der Waals surface area contributed by atoms with E-state index in [1.165, 1.54) is 5.56 Å². The Hall–Kier alpha value is -2.82. The largest absolute Gasteiger partial charge is 0.492 e. The van der Waals surface area contributed by atoms with Gasteiger partial charge in [0, 0.05) is 13.0 Å². The van der Waals surface area contributed by atoms with Crippen LogP contribution in [-0.2, 0) is 11.3 Å². The molecule has 1 unspecified atom stereocenters. The predicted molar refractivity (Wildman–Crippen MR) is 110 cm³/mol. The molecular formula is C23H27N3O2. The number of aromatic nitrogens is 2. The zero-order valence-electron chi connectivity index (χ0n) is 16.6. The van der Waals surface area contributed by atoms with E-state index in [1.54, 1.807) is 0 Å². The number of nitrogens with zero attached hydrogens (tertiary/aromatic N) is 3. The zero-order chi connectivity index (χ0) is 19.5. The Kier molecular flexibility index (Phi) is 5.33. The first-order chi connectivity index (χ1) is 13.7. The maximum absolute atomic E-state index is 12.4. The fourth-order valence-corrected chi connectivity index (χ4v) is 4.01. The fraction of sp³-hybridized carbons (Fsp3) is 0.391. The standard InChI is InChI=1S/C23H27N3O2/c1-3-22(27)25-14-6-9-21(25)23-24-19-7-4-5-8-20(19)26(23)15-16-28-18-12-10-17(2)11-13-18/h4-5,7-8,10-13,21H,3,6,9,14-16H2,1-2H3. The van der Waals surface area contributed by atoms with Crippen LogP contribution in [0.4, 0.5) is 0 Å². The lowest BCUT2D eigenvalue weighted by atomic mass is 10.2. The summed E-state index contributed by atoms with van der Waals surface area (Å²) in [6, 6.07) is 16.3. The van der Waals surface area contributed by atoms with Gasteiger partial charge in [0.15, 0.2) is 0 Å². The van der Waals surface area contributed by atoms with Crippen molar-refractivity contribution in [1.29, 1.82) is 0 Å². The number of likely N-dealkylation sites (tertiary alicyclic amines) is 1. The molecule has 1 amide bonds. The number of carbonyl (C=O) groups is 1. The summed E-state index contributed by atoms with van der Waals surface area (Å²) in [5, 5.41) is 0. The fourth-order valence-electron chi connectivity index (χ4n) is 4.01. The molecule has 0 N–H and O–H groups in total. The van der Waals surface area contributed by atoms with Crippen molar-refractivity contribution in [3.8, 4) is 5.75 Å². The van der Waals surface area contributed by atoms with Crippen LogP contribution in [0.25, 0.3) is 11.0 Å². The molecule has 0 aliphatic carbocycles. The monoisotopic (exact) mass is 377 g/mol. The van der Waals surface area contributed by atoms with Gasteiger partial charge in [-0.3, -0.25) is 4.79 Å². The molecule has 2 heterocycles.